The fraction of sp³-hybridized carbons (Fsp3) is 0.143. The molecule has 5 heteroatoms. The Labute approximate surface area is 74.1 Å². The molecule has 0 saturated carbocycles. The van der Waals surface area contributed by atoms with Crippen molar-refractivity contribution in [1.29, 1.82) is 0 Å². The number of methoxy groups -OCH3 is 1. The van der Waals surface area contributed by atoms with E-state index in [0.717, 1.165) is 0 Å². The van der Waals surface area contributed by atoms with Crippen LogP contribution in [-0.2, 0) is 4.79 Å². The van der Waals surface area contributed by atoms with Crippen molar-refractivity contribution < 1.29 is 14.3 Å². The van der Waals surface area contributed by atoms with E-state index in [1.165, 1.54) is 19.4 Å². The molecule has 1 aromatic heterocycles. The fourth-order valence-corrected chi connectivity index (χ4v) is 0.848. The zero-order chi connectivity index (χ0) is 8.97. The number of carbonyl (C=O) groups is 1. The van der Waals surface area contributed by atoms with E-state index in [1.54, 1.807) is 0 Å². The maximum absolute atomic E-state index is 9.99. The van der Waals surface area contributed by atoms with Gasteiger partial charge in [-0.15, -0.1) is 0 Å². The molecule has 1 heterocycles. The molecule has 0 aliphatic heterocycles. The van der Waals surface area contributed by atoms with Gasteiger partial charge in [0.2, 0.25) is 0 Å². The van der Waals surface area contributed by atoms with Gasteiger partial charge in [-0.05, 0) is 0 Å². The third-order valence-corrected chi connectivity index (χ3v) is 1.40. The number of ether oxygens (including phenoxy) is 2. The first kappa shape index (κ1) is 8.80. The first-order valence-electron chi connectivity index (χ1n) is 3.07. The van der Waals surface area contributed by atoms with Crippen LogP contribution >= 0.6 is 11.6 Å². The highest BCUT2D eigenvalue weighted by atomic mass is 35.5. The van der Waals surface area contributed by atoms with Crippen molar-refractivity contribution in [2.24, 2.45) is 0 Å². The molecule has 0 bridgehead atoms. The molecular weight excluding hydrogens is 182 g/mol. The first-order chi connectivity index (χ1) is 5.77. The number of carbonyl (C=O) groups excluding carboxylic acids is 1. The summed E-state index contributed by atoms with van der Waals surface area (Å²) in [5.41, 5.74) is 0. The Morgan fingerprint density at radius 2 is 2.33 bits per heavy atom. The highest BCUT2D eigenvalue weighted by molar-refractivity contribution is 6.29. The summed E-state index contributed by atoms with van der Waals surface area (Å²) < 4.78 is 9.43. The van der Waals surface area contributed by atoms with E-state index in [9.17, 15) is 4.79 Å². The van der Waals surface area contributed by atoms with Crippen LogP contribution in [0, 0.1) is 0 Å². The highest BCUT2D eigenvalue weighted by Gasteiger charge is 2.04. The molecule has 1 rings (SSSR count). The quantitative estimate of drug-likeness (QED) is 0.528. The number of nitrogens with zero attached hydrogens (tertiary/aromatic N) is 1. The molecule has 12 heavy (non-hydrogen) atoms. The molecule has 0 spiro atoms. The Bertz CT molecular complexity index is 290. The number of rotatable bonds is 3. The monoisotopic (exact) mass is 187 g/mol. The summed E-state index contributed by atoms with van der Waals surface area (Å²) in [5, 5.41) is 0.282. The number of halogens is 1. The van der Waals surface area contributed by atoms with Crippen LogP contribution in [0.4, 0.5) is 0 Å². The minimum atomic E-state index is 0.247. The third kappa shape index (κ3) is 1.85. The summed E-state index contributed by atoms with van der Waals surface area (Å²) in [7, 11) is 1.45. The standard InChI is InChI=1S/C7H6ClNO3/c1-11-5-2-7(8)9-3-6(5)12-4-10/h2-4H,1H3. The molecule has 0 amide bonds. The van der Waals surface area contributed by atoms with Gasteiger partial charge in [-0.2, -0.15) is 0 Å². The normalized spacial score (nSPS) is 9.17. The van der Waals surface area contributed by atoms with Crippen LogP contribution in [0.25, 0.3) is 0 Å². The van der Waals surface area contributed by atoms with Gasteiger partial charge in [0.05, 0.1) is 13.3 Å². The molecule has 0 unspecified atom stereocenters. The molecule has 1 aromatic rings. The molecule has 0 fully saturated rings. The Morgan fingerprint density at radius 1 is 1.58 bits per heavy atom. The van der Waals surface area contributed by atoms with Crippen LogP contribution in [0.3, 0.4) is 0 Å². The molecular formula is C7H6ClNO3. The number of hydrogen-bond acceptors (Lipinski definition) is 4. The Kier molecular flexibility index (Phi) is 2.88. The SMILES string of the molecule is COc1cc(Cl)ncc1OC=O. The second-order valence-corrected chi connectivity index (χ2v) is 2.26. The second kappa shape index (κ2) is 3.92. The Balaban J connectivity index is 3.01. The molecule has 0 aliphatic rings. The van der Waals surface area contributed by atoms with Crippen molar-refractivity contribution in [3.63, 3.8) is 0 Å². The highest BCUT2D eigenvalue weighted by Crippen LogP contribution is 2.27. The van der Waals surface area contributed by atoms with Crippen molar-refractivity contribution in [3.8, 4) is 11.5 Å². The molecule has 4 nitrogen and oxygen atoms in total. The van der Waals surface area contributed by atoms with E-state index >= 15 is 0 Å². The predicted octanol–water partition coefficient (Wildman–Crippen LogP) is 1.28. The number of aromatic nitrogens is 1. The van der Waals surface area contributed by atoms with Crippen LogP contribution in [0.15, 0.2) is 12.3 Å². The molecule has 0 N–H and O–H groups in total. The van der Waals surface area contributed by atoms with E-state index in [-0.39, 0.29) is 10.9 Å². The summed E-state index contributed by atoms with van der Waals surface area (Å²) >= 11 is 5.56. The van der Waals surface area contributed by atoms with E-state index < -0.39 is 0 Å². The van der Waals surface area contributed by atoms with Crippen molar-refractivity contribution >= 4 is 18.1 Å². The molecule has 64 valence electrons. The van der Waals surface area contributed by atoms with Crippen molar-refractivity contribution in [2.45, 2.75) is 0 Å². The lowest BCUT2D eigenvalue weighted by Gasteiger charge is -2.04. The largest absolute Gasteiger partial charge is 0.493 e. The third-order valence-electron chi connectivity index (χ3n) is 1.19. The summed E-state index contributed by atoms with van der Waals surface area (Å²) in [4.78, 5) is 13.7. The summed E-state index contributed by atoms with van der Waals surface area (Å²) in [6.45, 7) is 0.299. The summed E-state index contributed by atoms with van der Waals surface area (Å²) in [6.07, 6.45) is 1.32. The minimum Gasteiger partial charge on any atom is -0.493 e. The molecule has 0 aromatic carbocycles. The van der Waals surface area contributed by atoms with Gasteiger partial charge in [0, 0.05) is 6.07 Å². The zero-order valence-electron chi connectivity index (χ0n) is 6.28. The van der Waals surface area contributed by atoms with Gasteiger partial charge in [-0.3, -0.25) is 4.79 Å². The lowest BCUT2D eigenvalue weighted by Crippen LogP contribution is -1.94. The smallest absolute Gasteiger partial charge is 0.298 e. The lowest BCUT2D eigenvalue weighted by atomic mass is 10.4. The predicted molar refractivity (Wildman–Crippen MR) is 42.5 cm³/mol. The number of pyridine rings is 1. The summed E-state index contributed by atoms with van der Waals surface area (Å²) in [5.74, 6) is 0.624. The van der Waals surface area contributed by atoms with E-state index in [1.807, 2.05) is 0 Å². The van der Waals surface area contributed by atoms with E-state index in [2.05, 4.69) is 9.72 Å². The van der Waals surface area contributed by atoms with Gasteiger partial charge < -0.3 is 9.47 Å². The number of hydrogen-bond donors (Lipinski definition) is 0. The summed E-state index contributed by atoms with van der Waals surface area (Å²) in [6, 6.07) is 1.46. The lowest BCUT2D eigenvalue weighted by molar-refractivity contribution is -0.120. The van der Waals surface area contributed by atoms with Crippen LogP contribution in [-0.4, -0.2) is 18.6 Å². The van der Waals surface area contributed by atoms with Gasteiger partial charge >= 0.3 is 0 Å². The average Bonchev–Trinajstić information content (AvgIpc) is 2.08. The van der Waals surface area contributed by atoms with Crippen LogP contribution in [0.5, 0.6) is 11.5 Å². The fourth-order valence-electron chi connectivity index (χ4n) is 0.700. The van der Waals surface area contributed by atoms with Gasteiger partial charge in [0.15, 0.2) is 11.5 Å². The van der Waals surface area contributed by atoms with Gasteiger partial charge in [0.1, 0.15) is 5.15 Å². The first-order valence-corrected chi connectivity index (χ1v) is 3.45. The van der Waals surface area contributed by atoms with Gasteiger partial charge in [-0.25, -0.2) is 4.98 Å². The Hall–Kier alpha value is -1.29. The maximum atomic E-state index is 9.99. The van der Waals surface area contributed by atoms with Crippen molar-refractivity contribution in [2.75, 3.05) is 7.11 Å². The average molecular weight is 188 g/mol. The molecule has 0 saturated heterocycles. The zero-order valence-corrected chi connectivity index (χ0v) is 7.04. The maximum Gasteiger partial charge on any atom is 0.298 e. The van der Waals surface area contributed by atoms with Crippen LogP contribution in [0.2, 0.25) is 5.15 Å². The minimum absolute atomic E-state index is 0.247. The molecule has 0 aliphatic carbocycles. The molecule has 0 radical (unpaired) electrons. The molecule has 0 atom stereocenters. The van der Waals surface area contributed by atoms with Crippen molar-refractivity contribution in [3.05, 3.63) is 17.4 Å². The van der Waals surface area contributed by atoms with Gasteiger partial charge in [0.25, 0.3) is 6.47 Å². The van der Waals surface area contributed by atoms with Crippen molar-refractivity contribution in [1.82, 2.24) is 4.98 Å². The second-order valence-electron chi connectivity index (χ2n) is 1.87. The van der Waals surface area contributed by atoms with E-state index in [4.69, 9.17) is 16.3 Å². The van der Waals surface area contributed by atoms with Crippen LogP contribution < -0.4 is 9.47 Å². The van der Waals surface area contributed by atoms with E-state index in [0.29, 0.717) is 12.2 Å². The topological polar surface area (TPSA) is 48.4 Å². The van der Waals surface area contributed by atoms with Gasteiger partial charge in [-0.1, -0.05) is 11.6 Å². The van der Waals surface area contributed by atoms with Crippen LogP contribution in [0.1, 0.15) is 0 Å². The Morgan fingerprint density at radius 3 is 2.92 bits per heavy atom.